The number of nitrogens with zero attached hydrogens (tertiary/aromatic N) is 2. The van der Waals surface area contributed by atoms with Crippen molar-refractivity contribution in [2.75, 3.05) is 13.1 Å². The zero-order chi connectivity index (χ0) is 18.6. The molecular weight excluding hydrogens is 359 g/mol. The molecule has 0 spiro atoms. The fraction of sp³-hybridized carbons (Fsp3) is 0.167. The zero-order valence-electron chi connectivity index (χ0n) is 13.7. The molecule has 0 atom stereocenters. The summed E-state index contributed by atoms with van der Waals surface area (Å²) in [6, 6.07) is 7.34. The molecule has 132 valence electrons. The van der Waals surface area contributed by atoms with Crippen LogP contribution in [0.5, 0.6) is 0 Å². The maximum Gasteiger partial charge on any atom is 0.225 e. The summed E-state index contributed by atoms with van der Waals surface area (Å²) >= 11 is 0. The Morgan fingerprint density at radius 3 is 2.62 bits per heavy atom. The quantitative estimate of drug-likeness (QED) is 0.610. The molecule has 2 heterocycles. The Morgan fingerprint density at radius 2 is 1.88 bits per heavy atom. The van der Waals surface area contributed by atoms with E-state index >= 15 is 0 Å². The highest BCUT2D eigenvalue weighted by Gasteiger charge is 2.36. The van der Waals surface area contributed by atoms with Crippen LogP contribution in [0.15, 0.2) is 51.2 Å². The van der Waals surface area contributed by atoms with Crippen molar-refractivity contribution in [3.05, 3.63) is 58.9 Å². The Labute approximate surface area is 148 Å². The van der Waals surface area contributed by atoms with E-state index in [4.69, 9.17) is 0 Å². The normalized spacial score (nSPS) is 17.5. The monoisotopic (exact) mass is 372 g/mol. The van der Waals surface area contributed by atoms with Crippen LogP contribution in [0, 0.1) is 5.82 Å². The predicted octanol–water partition coefficient (Wildman–Crippen LogP) is 1.81. The molecular formula is C18H13FN2O4S. The number of ketones is 1. The van der Waals surface area contributed by atoms with Crippen molar-refractivity contribution in [1.82, 2.24) is 4.90 Å². The minimum atomic E-state index is -3.99. The Kier molecular flexibility index (Phi) is 3.55. The average molecular weight is 372 g/mol. The number of sulfone groups is 1. The topological polar surface area (TPSA) is 83.9 Å². The average Bonchev–Trinajstić information content (AvgIpc) is 3.09. The molecule has 0 fully saturated rings. The van der Waals surface area contributed by atoms with Gasteiger partial charge in [0.1, 0.15) is 11.7 Å². The van der Waals surface area contributed by atoms with Gasteiger partial charge in [0, 0.05) is 30.2 Å². The predicted molar refractivity (Wildman–Crippen MR) is 90.5 cm³/mol. The van der Waals surface area contributed by atoms with Crippen LogP contribution in [0.4, 0.5) is 4.39 Å². The molecule has 6 nitrogen and oxygen atoms in total. The number of benzene rings is 2. The van der Waals surface area contributed by atoms with Gasteiger partial charge in [-0.1, -0.05) is 6.07 Å². The van der Waals surface area contributed by atoms with E-state index in [1.165, 1.54) is 24.0 Å². The smallest absolute Gasteiger partial charge is 0.225 e. The van der Waals surface area contributed by atoms with Gasteiger partial charge >= 0.3 is 0 Å². The Balaban J connectivity index is 1.91. The first-order valence-corrected chi connectivity index (χ1v) is 9.35. The number of amides is 1. The molecule has 0 N–H and O–H groups in total. The number of amidine groups is 1. The van der Waals surface area contributed by atoms with E-state index in [2.05, 4.69) is 4.99 Å². The molecule has 8 heteroatoms. The van der Waals surface area contributed by atoms with Crippen LogP contribution in [0.1, 0.15) is 28.4 Å². The lowest BCUT2D eigenvalue weighted by molar-refractivity contribution is -0.124. The van der Waals surface area contributed by atoms with Crippen LogP contribution in [0.2, 0.25) is 0 Å². The first kappa shape index (κ1) is 16.6. The molecule has 0 aliphatic carbocycles. The summed E-state index contributed by atoms with van der Waals surface area (Å²) < 4.78 is 39.4. The van der Waals surface area contributed by atoms with E-state index in [1.54, 1.807) is 6.07 Å². The molecule has 2 aliphatic heterocycles. The number of hydrogen-bond acceptors (Lipinski definition) is 5. The largest absolute Gasteiger partial charge is 0.295 e. The molecule has 0 bridgehead atoms. The van der Waals surface area contributed by atoms with Crippen molar-refractivity contribution < 1.29 is 22.4 Å². The van der Waals surface area contributed by atoms with Gasteiger partial charge in [0.25, 0.3) is 0 Å². The van der Waals surface area contributed by atoms with Crippen LogP contribution in [-0.4, -0.2) is 43.9 Å². The van der Waals surface area contributed by atoms with Crippen molar-refractivity contribution >= 4 is 27.4 Å². The number of hydrogen-bond donors (Lipinski definition) is 0. The molecule has 2 aliphatic rings. The number of carbonyl (C=O) groups excluding carboxylic acids is 2. The lowest BCUT2D eigenvalue weighted by Gasteiger charge is -2.21. The third-order valence-electron chi connectivity index (χ3n) is 4.47. The molecule has 26 heavy (non-hydrogen) atoms. The first-order valence-electron chi connectivity index (χ1n) is 7.87. The van der Waals surface area contributed by atoms with E-state index < -0.39 is 21.4 Å². The maximum atomic E-state index is 13.5. The summed E-state index contributed by atoms with van der Waals surface area (Å²) in [6.45, 7) is 2.26. The number of carbonyl (C=O) groups is 2. The van der Waals surface area contributed by atoms with Gasteiger partial charge in [-0.15, -0.1) is 0 Å². The summed E-state index contributed by atoms with van der Waals surface area (Å²) in [5.74, 6) is -1.04. The summed E-state index contributed by atoms with van der Waals surface area (Å²) in [4.78, 5) is 29.7. The molecule has 0 saturated carbocycles. The highest BCUT2D eigenvalue weighted by molar-refractivity contribution is 7.91. The van der Waals surface area contributed by atoms with Gasteiger partial charge in [0.2, 0.25) is 15.7 Å². The molecule has 2 aromatic carbocycles. The van der Waals surface area contributed by atoms with Crippen LogP contribution < -0.4 is 0 Å². The second-order valence-corrected chi connectivity index (χ2v) is 7.95. The van der Waals surface area contributed by atoms with E-state index in [0.717, 1.165) is 18.2 Å². The number of rotatable bonds is 1. The summed E-state index contributed by atoms with van der Waals surface area (Å²) in [5, 5.41) is 0. The highest BCUT2D eigenvalue weighted by Crippen LogP contribution is 2.35. The molecule has 0 radical (unpaired) electrons. The standard InChI is InChI=1S/C18H13FN2O4S/c1-10(22)21-7-6-20-18(21)11-2-4-13-16(8-11)26(24,25)15-5-3-12(19)9-14(15)17(13)23/h2-5,8-9H,6-7H2,1H3. The van der Waals surface area contributed by atoms with Gasteiger partial charge in [-0.05, 0) is 30.3 Å². The second kappa shape index (κ2) is 5.57. The molecule has 2 aromatic rings. The third kappa shape index (κ3) is 2.29. The van der Waals surface area contributed by atoms with E-state index in [0.29, 0.717) is 24.5 Å². The molecule has 4 rings (SSSR count). The van der Waals surface area contributed by atoms with Crippen LogP contribution >= 0.6 is 0 Å². The molecule has 0 saturated heterocycles. The fourth-order valence-corrected chi connectivity index (χ4v) is 4.91. The van der Waals surface area contributed by atoms with Gasteiger partial charge < -0.3 is 0 Å². The molecule has 0 aromatic heterocycles. The van der Waals surface area contributed by atoms with Crippen molar-refractivity contribution in [2.45, 2.75) is 16.7 Å². The highest BCUT2D eigenvalue weighted by atomic mass is 32.2. The third-order valence-corrected chi connectivity index (χ3v) is 6.32. The van der Waals surface area contributed by atoms with Crippen LogP contribution in [0.3, 0.4) is 0 Å². The number of fused-ring (bicyclic) bond motifs is 2. The number of aliphatic imine (C=N–C) groups is 1. The lowest BCUT2D eigenvalue weighted by Crippen LogP contribution is -2.33. The van der Waals surface area contributed by atoms with Crippen molar-refractivity contribution in [2.24, 2.45) is 4.99 Å². The van der Waals surface area contributed by atoms with Gasteiger partial charge in [-0.2, -0.15) is 0 Å². The fourth-order valence-electron chi connectivity index (χ4n) is 3.25. The summed E-state index contributed by atoms with van der Waals surface area (Å²) in [5.41, 5.74) is 0.257. The Hall–Kier alpha value is -2.87. The molecule has 1 amide bonds. The first-order chi connectivity index (χ1) is 12.3. The van der Waals surface area contributed by atoms with Crippen LogP contribution in [0.25, 0.3) is 0 Å². The van der Waals surface area contributed by atoms with Gasteiger partial charge in [-0.25, -0.2) is 12.8 Å². The van der Waals surface area contributed by atoms with Crippen molar-refractivity contribution in [1.29, 1.82) is 0 Å². The van der Waals surface area contributed by atoms with E-state index in [1.807, 2.05) is 0 Å². The summed E-state index contributed by atoms with van der Waals surface area (Å²) in [7, 11) is -3.99. The Morgan fingerprint density at radius 1 is 1.12 bits per heavy atom. The van der Waals surface area contributed by atoms with E-state index in [-0.39, 0.29) is 26.8 Å². The van der Waals surface area contributed by atoms with Gasteiger partial charge in [0.05, 0.1) is 16.3 Å². The summed E-state index contributed by atoms with van der Waals surface area (Å²) in [6.07, 6.45) is 0. The minimum Gasteiger partial charge on any atom is -0.295 e. The van der Waals surface area contributed by atoms with Gasteiger partial charge in [0.15, 0.2) is 5.78 Å². The van der Waals surface area contributed by atoms with Crippen molar-refractivity contribution in [3.8, 4) is 0 Å². The number of halogens is 1. The van der Waals surface area contributed by atoms with Crippen LogP contribution in [-0.2, 0) is 14.6 Å². The Bertz CT molecular complexity index is 1120. The zero-order valence-corrected chi connectivity index (χ0v) is 14.5. The maximum absolute atomic E-state index is 13.5. The van der Waals surface area contributed by atoms with Gasteiger partial charge in [-0.3, -0.25) is 19.5 Å². The van der Waals surface area contributed by atoms with E-state index in [9.17, 15) is 22.4 Å². The minimum absolute atomic E-state index is 0.0141. The molecule has 0 unspecified atom stereocenters. The van der Waals surface area contributed by atoms with Crippen molar-refractivity contribution in [3.63, 3.8) is 0 Å². The second-order valence-electron chi connectivity index (χ2n) is 6.06. The lowest BCUT2D eigenvalue weighted by atomic mass is 10.0. The SMILES string of the molecule is CC(=O)N1CCN=C1c1ccc2c(c1)S(=O)(=O)c1ccc(F)cc1C2=O.